The molecule has 0 N–H and O–H groups in total. The molecule has 0 amide bonds. The fraction of sp³-hybridized carbons (Fsp3) is 0.818. The van der Waals surface area contributed by atoms with E-state index >= 15 is 0 Å². The van der Waals surface area contributed by atoms with E-state index in [1.165, 1.54) is 0 Å². The first-order valence-electron chi connectivity index (χ1n) is 5.39. The molecule has 1 saturated carbocycles. The minimum absolute atomic E-state index is 0.0396. The molecule has 0 aromatic carbocycles. The molecular formula is C11H18O3. The normalized spacial score (nSPS) is 26.9. The average Bonchev–Trinajstić information content (AvgIpc) is 2.26. The number of carbonyl (C=O) groups is 2. The van der Waals surface area contributed by atoms with Crippen LogP contribution in [-0.4, -0.2) is 18.9 Å². The average molecular weight is 198 g/mol. The van der Waals surface area contributed by atoms with Crippen molar-refractivity contribution in [3.05, 3.63) is 0 Å². The van der Waals surface area contributed by atoms with Crippen LogP contribution in [0.25, 0.3) is 0 Å². The van der Waals surface area contributed by atoms with Crippen molar-refractivity contribution in [3.8, 4) is 0 Å². The van der Waals surface area contributed by atoms with Crippen molar-refractivity contribution in [2.24, 2.45) is 11.8 Å². The topological polar surface area (TPSA) is 43.4 Å². The van der Waals surface area contributed by atoms with Gasteiger partial charge in [0.25, 0.3) is 0 Å². The molecule has 1 aliphatic rings. The van der Waals surface area contributed by atoms with Crippen LogP contribution in [0.1, 0.15) is 39.0 Å². The zero-order valence-corrected chi connectivity index (χ0v) is 8.70. The van der Waals surface area contributed by atoms with Gasteiger partial charge >= 0.3 is 5.97 Å². The van der Waals surface area contributed by atoms with E-state index in [1.807, 2.05) is 6.92 Å². The number of aldehydes is 1. The molecule has 0 bridgehead atoms. The maximum Gasteiger partial charge on any atom is 0.308 e. The van der Waals surface area contributed by atoms with Gasteiger partial charge in [-0.15, -0.1) is 0 Å². The Morgan fingerprint density at radius 1 is 1.36 bits per heavy atom. The molecule has 0 radical (unpaired) electrons. The monoisotopic (exact) mass is 198 g/mol. The minimum Gasteiger partial charge on any atom is -0.465 e. The van der Waals surface area contributed by atoms with Crippen LogP contribution in [0.5, 0.6) is 0 Å². The van der Waals surface area contributed by atoms with E-state index in [2.05, 4.69) is 0 Å². The van der Waals surface area contributed by atoms with E-state index in [0.717, 1.165) is 38.4 Å². The summed E-state index contributed by atoms with van der Waals surface area (Å²) in [6.07, 6.45) is 5.19. The van der Waals surface area contributed by atoms with Crippen LogP contribution in [0, 0.1) is 11.8 Å². The number of rotatable bonds is 4. The Bertz CT molecular complexity index is 193. The summed E-state index contributed by atoms with van der Waals surface area (Å²) in [4.78, 5) is 21.9. The van der Waals surface area contributed by atoms with Crippen molar-refractivity contribution in [3.63, 3.8) is 0 Å². The third kappa shape index (κ3) is 3.13. The van der Waals surface area contributed by atoms with Crippen molar-refractivity contribution >= 4 is 12.3 Å². The predicted molar refractivity (Wildman–Crippen MR) is 52.8 cm³/mol. The molecule has 3 heteroatoms. The number of esters is 1. The Kier molecular flexibility index (Phi) is 4.63. The SMILES string of the molecule is CCCOC(=O)C1CCC(C=O)CC1. The van der Waals surface area contributed by atoms with E-state index in [-0.39, 0.29) is 17.8 Å². The Labute approximate surface area is 84.8 Å². The molecular weight excluding hydrogens is 180 g/mol. The highest BCUT2D eigenvalue weighted by Gasteiger charge is 2.26. The van der Waals surface area contributed by atoms with Crippen LogP contribution in [0.2, 0.25) is 0 Å². The summed E-state index contributed by atoms with van der Waals surface area (Å²) in [6, 6.07) is 0. The first-order chi connectivity index (χ1) is 6.77. The lowest BCUT2D eigenvalue weighted by atomic mass is 9.83. The molecule has 0 spiro atoms. The molecule has 0 heterocycles. The highest BCUT2D eigenvalue weighted by molar-refractivity contribution is 5.72. The third-order valence-corrected chi connectivity index (χ3v) is 2.75. The number of carbonyl (C=O) groups excluding carboxylic acids is 2. The number of hydrogen-bond acceptors (Lipinski definition) is 3. The van der Waals surface area contributed by atoms with Crippen LogP contribution < -0.4 is 0 Å². The van der Waals surface area contributed by atoms with Gasteiger partial charge in [-0.1, -0.05) is 6.92 Å². The molecule has 0 atom stereocenters. The van der Waals surface area contributed by atoms with Crippen LogP contribution in [0.3, 0.4) is 0 Å². The van der Waals surface area contributed by atoms with E-state index in [4.69, 9.17) is 4.74 Å². The molecule has 14 heavy (non-hydrogen) atoms. The van der Waals surface area contributed by atoms with Crippen molar-refractivity contribution in [2.45, 2.75) is 39.0 Å². The summed E-state index contributed by atoms with van der Waals surface area (Å²) in [7, 11) is 0. The summed E-state index contributed by atoms with van der Waals surface area (Å²) in [5.41, 5.74) is 0. The van der Waals surface area contributed by atoms with Gasteiger partial charge in [0.05, 0.1) is 12.5 Å². The Morgan fingerprint density at radius 3 is 2.50 bits per heavy atom. The predicted octanol–water partition coefficient (Wildman–Crippen LogP) is 1.94. The Balaban J connectivity index is 2.26. The van der Waals surface area contributed by atoms with Gasteiger partial charge in [-0.2, -0.15) is 0 Å². The first kappa shape index (κ1) is 11.2. The minimum atomic E-state index is -0.0730. The van der Waals surface area contributed by atoms with Gasteiger partial charge in [0, 0.05) is 5.92 Å². The number of ether oxygens (including phenoxy) is 1. The van der Waals surface area contributed by atoms with Crippen molar-refractivity contribution < 1.29 is 14.3 Å². The zero-order valence-electron chi connectivity index (χ0n) is 8.70. The summed E-state index contributed by atoms with van der Waals surface area (Å²) >= 11 is 0. The van der Waals surface area contributed by atoms with Gasteiger partial charge in [0.2, 0.25) is 0 Å². The van der Waals surface area contributed by atoms with E-state index in [1.54, 1.807) is 0 Å². The molecule has 0 aromatic rings. The van der Waals surface area contributed by atoms with Crippen LogP contribution >= 0.6 is 0 Å². The summed E-state index contributed by atoms with van der Waals surface area (Å²) in [6.45, 7) is 2.50. The second-order valence-electron chi connectivity index (χ2n) is 3.92. The van der Waals surface area contributed by atoms with Crippen molar-refractivity contribution in [2.75, 3.05) is 6.61 Å². The molecule has 0 saturated heterocycles. The molecule has 1 aliphatic carbocycles. The summed E-state index contributed by atoms with van der Waals surface area (Å²) in [5.74, 6) is 0.138. The van der Waals surface area contributed by atoms with Gasteiger partial charge in [-0.05, 0) is 32.1 Å². The molecule has 3 nitrogen and oxygen atoms in total. The van der Waals surface area contributed by atoms with Crippen LogP contribution in [0.15, 0.2) is 0 Å². The zero-order chi connectivity index (χ0) is 10.4. The number of hydrogen-bond donors (Lipinski definition) is 0. The highest BCUT2D eigenvalue weighted by Crippen LogP contribution is 2.28. The second kappa shape index (κ2) is 5.78. The lowest BCUT2D eigenvalue weighted by molar-refractivity contribution is -0.150. The van der Waals surface area contributed by atoms with Gasteiger partial charge in [-0.3, -0.25) is 4.79 Å². The molecule has 1 fully saturated rings. The largest absolute Gasteiger partial charge is 0.465 e. The standard InChI is InChI=1S/C11H18O3/c1-2-7-14-11(13)10-5-3-9(8-12)4-6-10/h8-10H,2-7H2,1H3. The first-order valence-corrected chi connectivity index (χ1v) is 5.39. The van der Waals surface area contributed by atoms with E-state index in [0.29, 0.717) is 6.61 Å². The Hall–Kier alpha value is -0.860. The van der Waals surface area contributed by atoms with Gasteiger partial charge in [0.1, 0.15) is 6.29 Å². The maximum atomic E-state index is 11.4. The molecule has 0 aromatic heterocycles. The van der Waals surface area contributed by atoms with E-state index in [9.17, 15) is 9.59 Å². The molecule has 80 valence electrons. The van der Waals surface area contributed by atoms with Gasteiger partial charge < -0.3 is 9.53 Å². The second-order valence-corrected chi connectivity index (χ2v) is 3.92. The Morgan fingerprint density at radius 2 is 2.00 bits per heavy atom. The van der Waals surface area contributed by atoms with Gasteiger partial charge in [0.15, 0.2) is 0 Å². The maximum absolute atomic E-state index is 11.4. The van der Waals surface area contributed by atoms with Gasteiger partial charge in [-0.25, -0.2) is 0 Å². The molecule has 1 rings (SSSR count). The van der Waals surface area contributed by atoms with E-state index < -0.39 is 0 Å². The van der Waals surface area contributed by atoms with Crippen molar-refractivity contribution in [1.29, 1.82) is 0 Å². The molecule has 0 unspecified atom stereocenters. The van der Waals surface area contributed by atoms with Crippen molar-refractivity contribution in [1.82, 2.24) is 0 Å². The fourth-order valence-electron chi connectivity index (χ4n) is 1.81. The smallest absolute Gasteiger partial charge is 0.308 e. The molecule has 0 aliphatic heterocycles. The van der Waals surface area contributed by atoms with Crippen LogP contribution in [-0.2, 0) is 14.3 Å². The summed E-state index contributed by atoms with van der Waals surface area (Å²) < 4.78 is 5.07. The lowest BCUT2D eigenvalue weighted by Gasteiger charge is -2.23. The highest BCUT2D eigenvalue weighted by atomic mass is 16.5. The fourth-order valence-corrected chi connectivity index (χ4v) is 1.81. The van der Waals surface area contributed by atoms with Crippen LogP contribution in [0.4, 0.5) is 0 Å². The lowest BCUT2D eigenvalue weighted by Crippen LogP contribution is -2.24. The summed E-state index contributed by atoms with van der Waals surface area (Å²) in [5, 5.41) is 0. The quantitative estimate of drug-likeness (QED) is 0.512. The third-order valence-electron chi connectivity index (χ3n) is 2.75.